The third kappa shape index (κ3) is 4.68. The Labute approximate surface area is 140 Å². The molecule has 0 saturated heterocycles. The molecule has 0 aliphatic carbocycles. The van der Waals surface area contributed by atoms with E-state index < -0.39 is 0 Å². The van der Waals surface area contributed by atoms with Crippen molar-refractivity contribution in [2.24, 2.45) is 5.10 Å². The average Bonchev–Trinajstić information content (AvgIpc) is 2.63. The summed E-state index contributed by atoms with van der Waals surface area (Å²) in [6.07, 6.45) is 1.73. The van der Waals surface area contributed by atoms with Crippen LogP contribution >= 0.6 is 0 Å². The van der Waals surface area contributed by atoms with E-state index in [1.165, 1.54) is 12.1 Å². The molecule has 3 rings (SSSR count). The van der Waals surface area contributed by atoms with Gasteiger partial charge in [-0.25, -0.2) is 4.39 Å². The summed E-state index contributed by atoms with van der Waals surface area (Å²) in [6.45, 7) is 0.392. The first kappa shape index (κ1) is 15.7. The van der Waals surface area contributed by atoms with Crippen LogP contribution in [0.25, 0.3) is 0 Å². The summed E-state index contributed by atoms with van der Waals surface area (Å²) < 4.78 is 18.6. The molecule has 3 aromatic carbocycles. The Morgan fingerprint density at radius 2 is 1.71 bits per heavy atom. The van der Waals surface area contributed by atoms with Gasteiger partial charge in [0.05, 0.1) is 11.9 Å². The molecule has 0 aliphatic rings. The molecule has 0 atom stereocenters. The van der Waals surface area contributed by atoms with E-state index in [-0.39, 0.29) is 5.82 Å². The zero-order valence-electron chi connectivity index (χ0n) is 13.0. The molecule has 0 aliphatic heterocycles. The third-order valence-corrected chi connectivity index (χ3v) is 3.36. The van der Waals surface area contributed by atoms with Gasteiger partial charge in [-0.1, -0.05) is 42.5 Å². The summed E-state index contributed by atoms with van der Waals surface area (Å²) in [4.78, 5) is 0. The van der Waals surface area contributed by atoms with Crippen LogP contribution in [0.2, 0.25) is 0 Å². The van der Waals surface area contributed by atoms with Crippen LogP contribution in [0.1, 0.15) is 11.1 Å². The number of benzene rings is 3. The molecule has 0 heterocycles. The second kappa shape index (κ2) is 7.92. The Hall–Kier alpha value is -3.14. The molecule has 24 heavy (non-hydrogen) atoms. The zero-order chi connectivity index (χ0) is 16.6. The second-order valence-electron chi connectivity index (χ2n) is 5.22. The smallest absolute Gasteiger partial charge is 0.123 e. The molecular formula is C20H17FN2O. The molecule has 0 fully saturated rings. The topological polar surface area (TPSA) is 33.6 Å². The molecular weight excluding hydrogens is 303 g/mol. The van der Waals surface area contributed by atoms with Crippen molar-refractivity contribution in [3.8, 4) is 5.75 Å². The molecule has 0 amide bonds. The van der Waals surface area contributed by atoms with E-state index in [0.29, 0.717) is 6.61 Å². The van der Waals surface area contributed by atoms with E-state index >= 15 is 0 Å². The fourth-order valence-electron chi connectivity index (χ4n) is 2.13. The normalized spacial score (nSPS) is 10.7. The average molecular weight is 320 g/mol. The Morgan fingerprint density at radius 3 is 2.50 bits per heavy atom. The minimum Gasteiger partial charge on any atom is -0.489 e. The molecule has 0 saturated carbocycles. The highest BCUT2D eigenvalue weighted by Gasteiger charge is 1.98. The van der Waals surface area contributed by atoms with E-state index in [4.69, 9.17) is 4.74 Å². The monoisotopic (exact) mass is 320 g/mol. The predicted molar refractivity (Wildman–Crippen MR) is 94.8 cm³/mol. The van der Waals surface area contributed by atoms with Crippen molar-refractivity contribution in [3.05, 3.63) is 95.8 Å². The molecule has 4 heteroatoms. The van der Waals surface area contributed by atoms with E-state index in [1.54, 1.807) is 18.3 Å². The van der Waals surface area contributed by atoms with Gasteiger partial charge in [0.25, 0.3) is 0 Å². The first-order chi connectivity index (χ1) is 11.8. The largest absolute Gasteiger partial charge is 0.489 e. The maximum atomic E-state index is 12.9. The molecule has 0 bridgehead atoms. The van der Waals surface area contributed by atoms with Gasteiger partial charge in [0.2, 0.25) is 0 Å². The van der Waals surface area contributed by atoms with Gasteiger partial charge < -0.3 is 4.74 Å². The lowest BCUT2D eigenvalue weighted by Crippen LogP contribution is -1.96. The van der Waals surface area contributed by atoms with Crippen molar-refractivity contribution < 1.29 is 9.13 Å². The van der Waals surface area contributed by atoms with Crippen LogP contribution in [-0.2, 0) is 6.61 Å². The van der Waals surface area contributed by atoms with Gasteiger partial charge in [-0.05, 0) is 47.5 Å². The number of ether oxygens (including phenoxy) is 1. The second-order valence-corrected chi connectivity index (χ2v) is 5.22. The van der Waals surface area contributed by atoms with Crippen LogP contribution in [0.15, 0.2) is 84.0 Å². The highest BCUT2D eigenvalue weighted by molar-refractivity contribution is 5.80. The number of nitrogens with zero attached hydrogens (tertiary/aromatic N) is 1. The predicted octanol–water partition coefficient (Wildman–Crippen LogP) is 4.85. The fraction of sp³-hybridized carbons (Fsp3) is 0.0500. The van der Waals surface area contributed by atoms with Crippen LogP contribution in [-0.4, -0.2) is 6.21 Å². The maximum absolute atomic E-state index is 12.9. The molecule has 0 spiro atoms. The van der Waals surface area contributed by atoms with E-state index in [9.17, 15) is 4.39 Å². The first-order valence-electron chi connectivity index (χ1n) is 7.61. The molecule has 0 unspecified atom stereocenters. The number of hydrogen-bond acceptors (Lipinski definition) is 3. The van der Waals surface area contributed by atoms with E-state index in [0.717, 1.165) is 22.6 Å². The van der Waals surface area contributed by atoms with Gasteiger partial charge in [-0.15, -0.1) is 0 Å². The van der Waals surface area contributed by atoms with Crippen LogP contribution < -0.4 is 10.2 Å². The molecule has 3 aromatic rings. The summed E-state index contributed by atoms with van der Waals surface area (Å²) in [5.74, 6) is 0.492. The van der Waals surface area contributed by atoms with Crippen LogP contribution in [0, 0.1) is 5.82 Å². The lowest BCUT2D eigenvalue weighted by atomic mass is 10.2. The van der Waals surface area contributed by atoms with Crippen molar-refractivity contribution in [1.29, 1.82) is 0 Å². The molecule has 0 aromatic heterocycles. The fourth-order valence-corrected chi connectivity index (χ4v) is 2.13. The minimum atomic E-state index is -0.247. The Morgan fingerprint density at radius 1 is 0.917 bits per heavy atom. The SMILES string of the molecule is Fc1ccc(COc2cccc(/C=N\Nc3ccccc3)c2)cc1. The Kier molecular flexibility index (Phi) is 5.20. The van der Waals surface area contributed by atoms with Gasteiger partial charge in [-0.3, -0.25) is 5.43 Å². The first-order valence-corrected chi connectivity index (χ1v) is 7.61. The van der Waals surface area contributed by atoms with Crippen molar-refractivity contribution in [2.45, 2.75) is 6.61 Å². The van der Waals surface area contributed by atoms with Crippen molar-refractivity contribution in [3.63, 3.8) is 0 Å². The Bertz CT molecular complexity index is 801. The van der Waals surface area contributed by atoms with Crippen LogP contribution in [0.4, 0.5) is 10.1 Å². The van der Waals surface area contributed by atoms with Crippen LogP contribution in [0.3, 0.4) is 0 Å². The molecule has 3 nitrogen and oxygen atoms in total. The summed E-state index contributed by atoms with van der Waals surface area (Å²) in [6, 6.07) is 23.7. The number of hydrogen-bond donors (Lipinski definition) is 1. The summed E-state index contributed by atoms with van der Waals surface area (Å²) in [5, 5.41) is 4.21. The number of anilines is 1. The summed E-state index contributed by atoms with van der Waals surface area (Å²) >= 11 is 0. The maximum Gasteiger partial charge on any atom is 0.123 e. The van der Waals surface area contributed by atoms with Gasteiger partial charge >= 0.3 is 0 Å². The number of hydrazone groups is 1. The molecule has 1 N–H and O–H groups in total. The third-order valence-electron chi connectivity index (χ3n) is 3.36. The number of para-hydroxylation sites is 1. The van der Waals surface area contributed by atoms with Gasteiger partial charge in [-0.2, -0.15) is 5.10 Å². The van der Waals surface area contributed by atoms with Crippen molar-refractivity contribution in [1.82, 2.24) is 0 Å². The zero-order valence-corrected chi connectivity index (χ0v) is 13.0. The van der Waals surface area contributed by atoms with E-state index in [2.05, 4.69) is 10.5 Å². The number of rotatable bonds is 6. The van der Waals surface area contributed by atoms with E-state index in [1.807, 2.05) is 54.6 Å². The quantitative estimate of drug-likeness (QED) is 0.520. The highest BCUT2D eigenvalue weighted by Crippen LogP contribution is 2.15. The van der Waals surface area contributed by atoms with Gasteiger partial charge in [0.15, 0.2) is 0 Å². The van der Waals surface area contributed by atoms with Crippen molar-refractivity contribution in [2.75, 3.05) is 5.43 Å². The standard InChI is InChI=1S/C20H17FN2O/c21-18-11-9-16(10-12-18)15-24-20-8-4-5-17(13-20)14-22-23-19-6-2-1-3-7-19/h1-14,23H,15H2/b22-14-. The van der Waals surface area contributed by atoms with Crippen molar-refractivity contribution >= 4 is 11.9 Å². The summed E-state index contributed by atoms with van der Waals surface area (Å²) in [5.41, 5.74) is 5.74. The van der Waals surface area contributed by atoms with Gasteiger partial charge in [0, 0.05) is 0 Å². The lowest BCUT2D eigenvalue weighted by molar-refractivity contribution is 0.306. The Balaban J connectivity index is 1.58. The highest BCUT2D eigenvalue weighted by atomic mass is 19.1. The van der Waals surface area contributed by atoms with Crippen LogP contribution in [0.5, 0.6) is 5.75 Å². The lowest BCUT2D eigenvalue weighted by Gasteiger charge is -2.07. The molecule has 120 valence electrons. The molecule has 0 radical (unpaired) electrons. The summed E-state index contributed by atoms with van der Waals surface area (Å²) in [7, 11) is 0. The number of halogens is 1. The van der Waals surface area contributed by atoms with Gasteiger partial charge in [0.1, 0.15) is 18.2 Å². The number of nitrogens with one attached hydrogen (secondary N) is 1. The minimum absolute atomic E-state index is 0.247.